The van der Waals surface area contributed by atoms with Crippen LogP contribution in [-0.2, 0) is 14.4 Å². The summed E-state index contributed by atoms with van der Waals surface area (Å²) < 4.78 is 10.9. The summed E-state index contributed by atoms with van der Waals surface area (Å²) >= 11 is 0. The number of likely N-dealkylation sites (N-methyl/N-ethyl adjacent to an activating group) is 1. The number of hydrogen-bond donors (Lipinski definition) is 1. The highest BCUT2D eigenvalue weighted by Crippen LogP contribution is 2.40. The van der Waals surface area contributed by atoms with Crippen molar-refractivity contribution in [1.82, 2.24) is 9.80 Å². The van der Waals surface area contributed by atoms with Gasteiger partial charge >= 0.3 is 5.97 Å². The molecule has 2 aromatic rings. The van der Waals surface area contributed by atoms with Gasteiger partial charge < -0.3 is 24.4 Å². The van der Waals surface area contributed by atoms with Gasteiger partial charge in [-0.3, -0.25) is 14.4 Å². The number of rotatable bonds is 10. The highest BCUT2D eigenvalue weighted by atomic mass is 16.5. The van der Waals surface area contributed by atoms with Crippen LogP contribution in [0.1, 0.15) is 51.8 Å². The highest BCUT2D eigenvalue weighted by molar-refractivity contribution is 6.46. The number of aliphatic hydroxyl groups excluding tert-OH is 1. The van der Waals surface area contributed by atoms with Gasteiger partial charge in [0.2, 0.25) is 0 Å². The molecule has 1 aliphatic rings. The Balaban J connectivity index is 2.08. The van der Waals surface area contributed by atoms with Gasteiger partial charge in [0, 0.05) is 25.6 Å². The van der Waals surface area contributed by atoms with Gasteiger partial charge in [0.25, 0.3) is 11.7 Å². The summed E-state index contributed by atoms with van der Waals surface area (Å²) in [5.41, 5.74) is 1.03. The zero-order valence-corrected chi connectivity index (χ0v) is 21.5. The number of nitrogens with zero attached hydrogens (tertiary/aromatic N) is 2. The Kier molecular flexibility index (Phi) is 8.88. The van der Waals surface area contributed by atoms with Crippen molar-refractivity contribution in [2.45, 2.75) is 46.8 Å². The molecule has 8 heteroatoms. The zero-order valence-electron chi connectivity index (χ0n) is 21.5. The summed E-state index contributed by atoms with van der Waals surface area (Å²) in [6.07, 6.45) is -0.0659. The van der Waals surface area contributed by atoms with Crippen LogP contribution in [-0.4, -0.2) is 64.8 Å². The van der Waals surface area contributed by atoms with Crippen molar-refractivity contribution in [3.8, 4) is 11.5 Å². The lowest BCUT2D eigenvalue weighted by molar-refractivity contribution is -0.140. The van der Waals surface area contributed by atoms with E-state index in [0.717, 1.165) is 13.1 Å². The van der Waals surface area contributed by atoms with Gasteiger partial charge in [0.15, 0.2) is 0 Å². The first-order valence-corrected chi connectivity index (χ1v) is 12.2. The van der Waals surface area contributed by atoms with Crippen molar-refractivity contribution in [3.05, 3.63) is 65.2 Å². The van der Waals surface area contributed by atoms with Gasteiger partial charge in [-0.2, -0.15) is 0 Å². The second-order valence-electron chi connectivity index (χ2n) is 8.88. The first-order valence-electron chi connectivity index (χ1n) is 12.2. The van der Waals surface area contributed by atoms with Gasteiger partial charge in [-0.15, -0.1) is 0 Å². The van der Waals surface area contributed by atoms with Crippen LogP contribution in [0.3, 0.4) is 0 Å². The Morgan fingerprint density at radius 3 is 2.31 bits per heavy atom. The average molecular weight is 495 g/mol. The van der Waals surface area contributed by atoms with E-state index in [0.29, 0.717) is 35.7 Å². The number of likely N-dealkylation sites (tertiary alicyclic amines) is 1. The zero-order chi connectivity index (χ0) is 26.4. The fourth-order valence-corrected chi connectivity index (χ4v) is 4.27. The SMILES string of the molecule is CCN(CC)CCN1C(=O)C(=O)/C(=C(\O)c2cccc(OC(C)C)c2)C1c1ccc(OC(C)=O)cc1. The normalized spacial score (nSPS) is 17.2. The molecule has 0 bridgehead atoms. The third-order valence-corrected chi connectivity index (χ3v) is 6.03. The summed E-state index contributed by atoms with van der Waals surface area (Å²) in [6.45, 7) is 11.7. The van der Waals surface area contributed by atoms with Crippen LogP contribution in [0.2, 0.25) is 0 Å². The summed E-state index contributed by atoms with van der Waals surface area (Å²) in [5, 5.41) is 11.3. The van der Waals surface area contributed by atoms with Crippen LogP contribution in [0.4, 0.5) is 0 Å². The molecule has 1 fully saturated rings. The molecule has 1 amide bonds. The molecule has 1 N–H and O–H groups in total. The first-order chi connectivity index (χ1) is 17.2. The fraction of sp³-hybridized carbons (Fsp3) is 0.393. The lowest BCUT2D eigenvalue weighted by atomic mass is 9.95. The van der Waals surface area contributed by atoms with E-state index in [1.807, 2.05) is 27.7 Å². The number of ether oxygens (including phenoxy) is 2. The molecule has 1 unspecified atom stereocenters. The van der Waals surface area contributed by atoms with Gasteiger partial charge in [0.1, 0.15) is 17.3 Å². The molecule has 0 aromatic heterocycles. The molecule has 0 saturated carbocycles. The van der Waals surface area contributed by atoms with Crippen LogP contribution >= 0.6 is 0 Å². The molecule has 0 radical (unpaired) electrons. The third kappa shape index (κ3) is 6.12. The van der Waals surface area contributed by atoms with E-state index in [9.17, 15) is 19.5 Å². The number of carbonyl (C=O) groups is 3. The van der Waals surface area contributed by atoms with Crippen molar-refractivity contribution < 1.29 is 29.0 Å². The average Bonchev–Trinajstić information content (AvgIpc) is 3.09. The number of ketones is 1. The Bertz CT molecular complexity index is 1130. The summed E-state index contributed by atoms with van der Waals surface area (Å²) in [4.78, 5) is 41.4. The fourth-order valence-electron chi connectivity index (χ4n) is 4.27. The van der Waals surface area contributed by atoms with Crippen molar-refractivity contribution in [2.24, 2.45) is 0 Å². The number of amides is 1. The molecule has 1 aliphatic heterocycles. The van der Waals surface area contributed by atoms with E-state index in [-0.39, 0.29) is 17.4 Å². The topological polar surface area (TPSA) is 96.4 Å². The Morgan fingerprint density at radius 2 is 1.72 bits per heavy atom. The Labute approximate surface area is 212 Å². The minimum atomic E-state index is -0.790. The van der Waals surface area contributed by atoms with Gasteiger partial charge in [0.05, 0.1) is 17.7 Å². The van der Waals surface area contributed by atoms with E-state index < -0.39 is 23.7 Å². The second kappa shape index (κ2) is 11.9. The standard InChI is InChI=1S/C28H34N2O6/c1-6-29(7-2)15-16-30-25(20-11-13-22(14-12-20)36-19(5)31)24(27(33)28(30)34)26(32)21-9-8-10-23(17-21)35-18(3)4/h8-14,17-18,25,32H,6-7,15-16H2,1-5H3/b26-24-. The minimum Gasteiger partial charge on any atom is -0.507 e. The van der Waals surface area contributed by atoms with Crippen molar-refractivity contribution in [2.75, 3.05) is 26.2 Å². The van der Waals surface area contributed by atoms with Gasteiger partial charge in [-0.1, -0.05) is 38.1 Å². The number of aliphatic hydroxyl groups is 1. The maximum atomic E-state index is 13.2. The van der Waals surface area contributed by atoms with Gasteiger partial charge in [-0.25, -0.2) is 0 Å². The molecule has 1 saturated heterocycles. The monoisotopic (exact) mass is 494 g/mol. The van der Waals surface area contributed by atoms with Crippen LogP contribution in [0, 0.1) is 0 Å². The van der Waals surface area contributed by atoms with E-state index >= 15 is 0 Å². The van der Waals surface area contributed by atoms with E-state index in [1.165, 1.54) is 11.8 Å². The molecule has 3 rings (SSSR count). The van der Waals surface area contributed by atoms with E-state index in [2.05, 4.69) is 4.90 Å². The largest absolute Gasteiger partial charge is 0.507 e. The molecule has 36 heavy (non-hydrogen) atoms. The molecule has 1 heterocycles. The van der Waals surface area contributed by atoms with E-state index in [1.54, 1.807) is 48.5 Å². The number of hydrogen-bond acceptors (Lipinski definition) is 7. The second-order valence-corrected chi connectivity index (χ2v) is 8.88. The third-order valence-electron chi connectivity index (χ3n) is 6.03. The Hall–Kier alpha value is -3.65. The van der Waals surface area contributed by atoms with Crippen molar-refractivity contribution in [3.63, 3.8) is 0 Å². The van der Waals surface area contributed by atoms with Crippen LogP contribution in [0.15, 0.2) is 54.1 Å². The van der Waals surface area contributed by atoms with Crippen LogP contribution in [0.5, 0.6) is 11.5 Å². The molecule has 192 valence electrons. The molecule has 0 aliphatic carbocycles. The van der Waals surface area contributed by atoms with Crippen molar-refractivity contribution >= 4 is 23.4 Å². The van der Waals surface area contributed by atoms with Crippen molar-refractivity contribution in [1.29, 1.82) is 0 Å². The van der Waals surface area contributed by atoms with Crippen LogP contribution in [0.25, 0.3) is 5.76 Å². The summed E-state index contributed by atoms with van der Waals surface area (Å²) in [7, 11) is 0. The number of esters is 1. The predicted molar refractivity (Wildman–Crippen MR) is 137 cm³/mol. The van der Waals surface area contributed by atoms with E-state index in [4.69, 9.17) is 9.47 Å². The number of benzene rings is 2. The first kappa shape index (κ1) is 26.9. The molecule has 1 atom stereocenters. The molecule has 2 aromatic carbocycles. The maximum absolute atomic E-state index is 13.2. The summed E-state index contributed by atoms with van der Waals surface area (Å²) in [6, 6.07) is 12.6. The summed E-state index contributed by atoms with van der Waals surface area (Å²) in [5.74, 6) is -1.21. The minimum absolute atomic E-state index is 0.0153. The Morgan fingerprint density at radius 1 is 1.06 bits per heavy atom. The maximum Gasteiger partial charge on any atom is 0.308 e. The lowest BCUT2D eigenvalue weighted by Crippen LogP contribution is -2.38. The smallest absolute Gasteiger partial charge is 0.308 e. The molecular weight excluding hydrogens is 460 g/mol. The number of carbonyl (C=O) groups excluding carboxylic acids is 3. The highest BCUT2D eigenvalue weighted by Gasteiger charge is 2.46. The lowest BCUT2D eigenvalue weighted by Gasteiger charge is -2.28. The quantitative estimate of drug-likeness (QED) is 0.174. The van der Waals surface area contributed by atoms with Crippen LogP contribution < -0.4 is 9.47 Å². The molecule has 8 nitrogen and oxygen atoms in total. The predicted octanol–water partition coefficient (Wildman–Crippen LogP) is 4.16. The van der Waals surface area contributed by atoms with Gasteiger partial charge in [-0.05, 0) is 56.8 Å². The molecular formula is C28H34N2O6. The molecule has 0 spiro atoms. The number of Topliss-reactive ketones (excluding diaryl/α,β-unsaturated/α-hetero) is 1.